The van der Waals surface area contributed by atoms with E-state index in [0.717, 1.165) is 11.1 Å². The van der Waals surface area contributed by atoms with E-state index in [9.17, 15) is 38.4 Å². The number of hydrogen-bond acceptors (Lipinski definition) is 10. The highest BCUT2D eigenvalue weighted by molar-refractivity contribution is 5.97. The van der Waals surface area contributed by atoms with Gasteiger partial charge in [-0.05, 0) is 68.6 Å². The summed E-state index contributed by atoms with van der Waals surface area (Å²) in [6.07, 6.45) is 4.60. The van der Waals surface area contributed by atoms with Crippen molar-refractivity contribution in [3.05, 3.63) is 77.9 Å². The minimum Gasteiger partial charge on any atom is -0.467 e. The molecule has 0 bridgehead atoms. The van der Waals surface area contributed by atoms with Gasteiger partial charge < -0.3 is 39.7 Å². The van der Waals surface area contributed by atoms with Gasteiger partial charge in [0.25, 0.3) is 5.91 Å². The molecule has 2 N–H and O–H groups in total. The third kappa shape index (κ3) is 13.5. The van der Waals surface area contributed by atoms with Crippen molar-refractivity contribution in [3.8, 4) is 0 Å². The van der Waals surface area contributed by atoms with Crippen molar-refractivity contribution in [2.75, 3.05) is 40.8 Å². The van der Waals surface area contributed by atoms with Crippen molar-refractivity contribution in [1.29, 1.82) is 0 Å². The second kappa shape index (κ2) is 24.1. The summed E-state index contributed by atoms with van der Waals surface area (Å²) in [7, 11) is 4.21. The zero-order valence-corrected chi connectivity index (χ0v) is 38.5. The van der Waals surface area contributed by atoms with Crippen LogP contribution in [0.5, 0.6) is 0 Å². The van der Waals surface area contributed by atoms with Crippen LogP contribution in [0.2, 0.25) is 0 Å². The van der Waals surface area contributed by atoms with Gasteiger partial charge in [-0.25, -0.2) is 9.59 Å². The molecule has 16 nitrogen and oxygen atoms in total. The average molecular weight is 887 g/mol. The second-order valence-electron chi connectivity index (χ2n) is 17.1. The fourth-order valence-corrected chi connectivity index (χ4v) is 8.11. The van der Waals surface area contributed by atoms with E-state index in [1.165, 1.54) is 53.8 Å². The van der Waals surface area contributed by atoms with E-state index in [2.05, 4.69) is 10.6 Å². The molecule has 2 saturated heterocycles. The van der Waals surface area contributed by atoms with Gasteiger partial charge in [0.05, 0.1) is 13.7 Å². The lowest BCUT2D eigenvalue weighted by atomic mass is 10.00. The van der Waals surface area contributed by atoms with Crippen molar-refractivity contribution >= 4 is 53.5 Å². The molecule has 2 aliphatic rings. The van der Waals surface area contributed by atoms with Gasteiger partial charge in [0, 0.05) is 45.6 Å². The molecule has 2 heterocycles. The largest absolute Gasteiger partial charge is 0.467 e. The monoisotopic (exact) mass is 886 g/mol. The van der Waals surface area contributed by atoms with Crippen LogP contribution in [0.15, 0.2) is 66.7 Å². The summed E-state index contributed by atoms with van der Waals surface area (Å²) < 4.78 is 10.6. The van der Waals surface area contributed by atoms with Gasteiger partial charge in [0.15, 0.2) is 6.10 Å². The summed E-state index contributed by atoms with van der Waals surface area (Å²) in [6, 6.07) is 13.6. The number of rotatable bonds is 20. The lowest BCUT2D eigenvalue weighted by Gasteiger charge is -2.35. The van der Waals surface area contributed by atoms with Crippen LogP contribution in [0.25, 0.3) is 6.08 Å². The lowest BCUT2D eigenvalue weighted by Crippen LogP contribution is -2.58. The van der Waals surface area contributed by atoms with Crippen molar-refractivity contribution in [3.63, 3.8) is 0 Å². The molecule has 6 amide bonds. The summed E-state index contributed by atoms with van der Waals surface area (Å²) in [5.41, 5.74) is 1.59. The molecule has 2 aliphatic heterocycles. The van der Waals surface area contributed by atoms with E-state index in [1.54, 1.807) is 13.0 Å². The molecular formula is C48H66N6O10. The van der Waals surface area contributed by atoms with Crippen molar-refractivity contribution in [2.24, 2.45) is 11.8 Å². The minimum absolute atomic E-state index is 0.0511. The number of carbonyl (C=O) groups excluding carboxylic acids is 8. The first-order valence-corrected chi connectivity index (χ1v) is 22.3. The van der Waals surface area contributed by atoms with Crippen molar-refractivity contribution in [2.45, 2.75) is 116 Å². The Morgan fingerprint density at radius 1 is 0.797 bits per heavy atom. The molecule has 2 aromatic rings. The SMILES string of the molecule is CCC(C)C(OC(=O)/C=C/c1ccccc1)C(=O)N1CCCC1C(=O)NCC(=O)N(C)C(CC(C)C)C(=O)NC(C)C(=O)N(C)C(Cc1ccccc1)C(=O)N1CCCC1C(=O)OC. The third-order valence-electron chi connectivity index (χ3n) is 12.1. The molecule has 4 rings (SSSR count). The quantitative estimate of drug-likeness (QED) is 0.147. The normalized spacial score (nSPS) is 18.4. The average Bonchev–Trinajstić information content (AvgIpc) is 4.00. The minimum atomic E-state index is -1.12. The van der Waals surface area contributed by atoms with Gasteiger partial charge in [-0.1, -0.05) is 88.4 Å². The Morgan fingerprint density at radius 3 is 1.98 bits per heavy atom. The van der Waals surface area contributed by atoms with Gasteiger partial charge in [-0.15, -0.1) is 0 Å². The standard InChI is InChI=1S/C48H66N6O10/c1-9-32(4)42(64-41(56)25-24-34-18-12-10-13-19-34)47(61)53-26-16-22-36(53)43(57)49-30-40(55)51(6)38(28-31(2)3)44(58)50-33(5)45(59)52(7)39(29-35-20-14-11-15-21-35)46(60)54-27-17-23-37(54)48(62)63-8/h10-15,18-21,24-25,31-33,36-39,42H,9,16-17,22-23,26-30H2,1-8H3,(H,49,57)(H,50,58)/b25-24+. The number of esters is 2. The second-order valence-corrected chi connectivity index (χ2v) is 17.1. The van der Waals surface area contributed by atoms with Crippen LogP contribution in [-0.4, -0.2) is 144 Å². The van der Waals surface area contributed by atoms with Crippen LogP contribution in [0, 0.1) is 11.8 Å². The number of likely N-dealkylation sites (tertiary alicyclic amines) is 2. The molecule has 0 aromatic heterocycles. The Labute approximate surface area is 377 Å². The number of nitrogens with one attached hydrogen (secondary N) is 2. The summed E-state index contributed by atoms with van der Waals surface area (Å²) in [5.74, 6) is -4.77. The Balaban J connectivity index is 1.40. The molecule has 7 atom stereocenters. The molecule has 348 valence electrons. The summed E-state index contributed by atoms with van der Waals surface area (Å²) in [6.45, 7) is 9.09. The van der Waals surface area contributed by atoms with E-state index in [1.807, 2.05) is 81.4 Å². The van der Waals surface area contributed by atoms with Gasteiger partial charge in [0.2, 0.25) is 29.5 Å². The first-order chi connectivity index (χ1) is 30.5. The maximum absolute atomic E-state index is 14.1. The molecule has 16 heteroatoms. The fraction of sp³-hybridized carbons (Fsp3) is 0.542. The van der Waals surface area contributed by atoms with Crippen LogP contribution in [-0.2, 0) is 54.3 Å². The number of hydrogen-bond donors (Lipinski definition) is 2. The molecule has 0 saturated carbocycles. The number of nitrogens with zero attached hydrogens (tertiary/aromatic N) is 4. The molecule has 0 radical (unpaired) electrons. The van der Waals surface area contributed by atoms with E-state index >= 15 is 0 Å². The van der Waals surface area contributed by atoms with Gasteiger partial charge in [0.1, 0.15) is 30.2 Å². The smallest absolute Gasteiger partial charge is 0.331 e. The highest BCUT2D eigenvalue weighted by Crippen LogP contribution is 2.25. The summed E-state index contributed by atoms with van der Waals surface area (Å²) >= 11 is 0. The van der Waals surface area contributed by atoms with Crippen LogP contribution >= 0.6 is 0 Å². The predicted octanol–water partition coefficient (Wildman–Crippen LogP) is 3.38. The van der Waals surface area contributed by atoms with E-state index in [-0.39, 0.29) is 31.2 Å². The maximum Gasteiger partial charge on any atom is 0.331 e. The van der Waals surface area contributed by atoms with Gasteiger partial charge in [-0.3, -0.25) is 28.8 Å². The van der Waals surface area contributed by atoms with Gasteiger partial charge >= 0.3 is 11.9 Å². The molecule has 2 aromatic carbocycles. The number of ether oxygens (including phenoxy) is 2. The summed E-state index contributed by atoms with van der Waals surface area (Å²) in [5, 5.41) is 5.40. The Hall–Kier alpha value is -6.06. The molecule has 0 spiro atoms. The van der Waals surface area contributed by atoms with Crippen molar-refractivity contribution in [1.82, 2.24) is 30.2 Å². The van der Waals surface area contributed by atoms with Crippen molar-refractivity contribution < 1.29 is 47.8 Å². The Bertz CT molecular complexity index is 1980. The fourth-order valence-electron chi connectivity index (χ4n) is 8.11. The van der Waals surface area contributed by atoms with Crippen LogP contribution in [0.3, 0.4) is 0 Å². The lowest BCUT2D eigenvalue weighted by molar-refractivity contribution is -0.161. The van der Waals surface area contributed by atoms with E-state index in [4.69, 9.17) is 9.47 Å². The number of amides is 6. The molecule has 64 heavy (non-hydrogen) atoms. The topological polar surface area (TPSA) is 192 Å². The number of benzene rings is 2. The molecular weight excluding hydrogens is 821 g/mol. The Kier molecular flexibility index (Phi) is 19.1. The Morgan fingerprint density at radius 2 is 1.39 bits per heavy atom. The van der Waals surface area contributed by atoms with Crippen LogP contribution in [0.1, 0.15) is 84.3 Å². The highest BCUT2D eigenvalue weighted by atomic mass is 16.5. The molecule has 2 fully saturated rings. The van der Waals surface area contributed by atoms with Crippen LogP contribution < -0.4 is 10.6 Å². The first-order valence-electron chi connectivity index (χ1n) is 22.3. The third-order valence-corrected chi connectivity index (χ3v) is 12.1. The van der Waals surface area contributed by atoms with E-state index in [0.29, 0.717) is 38.6 Å². The number of likely N-dealkylation sites (N-methyl/N-ethyl adjacent to an activating group) is 2. The zero-order valence-electron chi connectivity index (χ0n) is 38.5. The molecule has 7 unspecified atom stereocenters. The van der Waals surface area contributed by atoms with Crippen LogP contribution in [0.4, 0.5) is 0 Å². The predicted molar refractivity (Wildman–Crippen MR) is 240 cm³/mol. The number of methoxy groups -OCH3 is 1. The maximum atomic E-state index is 14.1. The first kappa shape index (κ1) is 50.6. The zero-order chi connectivity index (χ0) is 47.1. The van der Waals surface area contributed by atoms with E-state index < -0.39 is 90.2 Å². The number of carbonyl (C=O) groups is 8. The summed E-state index contributed by atoms with van der Waals surface area (Å²) in [4.78, 5) is 114. The van der Waals surface area contributed by atoms with Gasteiger partial charge in [-0.2, -0.15) is 0 Å². The molecule has 0 aliphatic carbocycles. The highest BCUT2D eigenvalue weighted by Gasteiger charge is 2.42.